The summed E-state index contributed by atoms with van der Waals surface area (Å²) in [6.07, 6.45) is 8.21. The molecule has 23 heavy (non-hydrogen) atoms. The zero-order chi connectivity index (χ0) is 16.1. The van der Waals surface area contributed by atoms with Gasteiger partial charge in [0.25, 0.3) is 0 Å². The van der Waals surface area contributed by atoms with Gasteiger partial charge in [0.15, 0.2) is 17.3 Å². The Balaban J connectivity index is 1.70. The number of ketones is 1. The van der Waals surface area contributed by atoms with Crippen LogP contribution >= 0.6 is 0 Å². The molecule has 2 heterocycles. The van der Waals surface area contributed by atoms with Crippen LogP contribution in [0, 0.1) is 0 Å². The lowest BCUT2D eigenvalue weighted by atomic mass is 9.97. The first-order valence-electron chi connectivity index (χ1n) is 8.97. The monoisotopic (exact) mass is 317 g/mol. The Kier molecular flexibility index (Phi) is 5.55. The quantitative estimate of drug-likeness (QED) is 0.536. The number of hydrogen-bond acceptors (Lipinski definition) is 4. The average molecular weight is 317 g/mol. The van der Waals surface area contributed by atoms with Crippen molar-refractivity contribution in [2.75, 3.05) is 19.9 Å². The summed E-state index contributed by atoms with van der Waals surface area (Å²) >= 11 is 0. The molecule has 0 amide bonds. The Morgan fingerprint density at radius 2 is 1.91 bits per heavy atom. The number of nitrogens with zero attached hydrogens (tertiary/aromatic N) is 1. The van der Waals surface area contributed by atoms with Crippen LogP contribution < -0.4 is 9.47 Å². The number of benzene rings is 1. The minimum Gasteiger partial charge on any atom is -0.454 e. The van der Waals surface area contributed by atoms with E-state index in [0.717, 1.165) is 37.2 Å². The summed E-state index contributed by atoms with van der Waals surface area (Å²) in [4.78, 5) is 15.4. The molecule has 0 saturated carbocycles. The molecule has 1 saturated heterocycles. The number of Topliss-reactive ketones (excluding diaryl/α,β-unsaturated/α-hetero) is 1. The highest BCUT2D eigenvalue weighted by Gasteiger charge is 2.29. The second-order valence-electron chi connectivity index (χ2n) is 6.54. The highest BCUT2D eigenvalue weighted by molar-refractivity contribution is 6.00. The summed E-state index contributed by atoms with van der Waals surface area (Å²) in [6.45, 7) is 4.57. The summed E-state index contributed by atoms with van der Waals surface area (Å²) in [5.41, 5.74) is 0.752. The number of carbonyl (C=O) groups excluding carboxylic acids is 1. The summed E-state index contributed by atoms with van der Waals surface area (Å²) in [7, 11) is 0. The van der Waals surface area contributed by atoms with Crippen molar-refractivity contribution >= 4 is 5.78 Å². The molecule has 0 spiro atoms. The van der Waals surface area contributed by atoms with Crippen LogP contribution in [0.3, 0.4) is 0 Å². The van der Waals surface area contributed by atoms with Crippen molar-refractivity contribution in [2.45, 2.75) is 57.9 Å². The fraction of sp³-hybridized carbons (Fsp3) is 0.632. The van der Waals surface area contributed by atoms with Crippen LogP contribution in [-0.4, -0.2) is 36.6 Å². The van der Waals surface area contributed by atoms with Crippen LogP contribution in [0.4, 0.5) is 0 Å². The third-order valence-corrected chi connectivity index (χ3v) is 4.87. The molecule has 1 aromatic carbocycles. The van der Waals surface area contributed by atoms with Crippen LogP contribution in [0.15, 0.2) is 18.2 Å². The second kappa shape index (κ2) is 7.82. The SMILES string of the molecule is CCCCCC[C@@H](C(=O)c1ccc2c(c1)OCO2)N1CCCC1. The fourth-order valence-corrected chi connectivity index (χ4v) is 3.54. The van der Waals surface area contributed by atoms with Crippen molar-refractivity contribution in [1.29, 1.82) is 0 Å². The lowest BCUT2D eigenvalue weighted by molar-refractivity contribution is 0.0834. The molecule has 4 nitrogen and oxygen atoms in total. The van der Waals surface area contributed by atoms with Crippen molar-refractivity contribution in [3.8, 4) is 11.5 Å². The first-order chi connectivity index (χ1) is 11.3. The summed E-state index contributed by atoms with van der Waals surface area (Å²) in [6, 6.07) is 5.60. The minimum absolute atomic E-state index is 0.0229. The Morgan fingerprint density at radius 1 is 1.13 bits per heavy atom. The van der Waals surface area contributed by atoms with Gasteiger partial charge in [0.1, 0.15) is 0 Å². The number of fused-ring (bicyclic) bond motifs is 1. The number of hydrogen-bond donors (Lipinski definition) is 0. The molecule has 2 aliphatic heterocycles. The van der Waals surface area contributed by atoms with E-state index in [1.165, 1.54) is 32.1 Å². The van der Waals surface area contributed by atoms with Gasteiger partial charge in [0.2, 0.25) is 6.79 Å². The van der Waals surface area contributed by atoms with Crippen molar-refractivity contribution in [3.63, 3.8) is 0 Å². The third kappa shape index (κ3) is 3.86. The molecule has 1 aromatic rings. The number of likely N-dealkylation sites (tertiary alicyclic amines) is 1. The highest BCUT2D eigenvalue weighted by Crippen LogP contribution is 2.33. The van der Waals surface area contributed by atoms with Gasteiger partial charge < -0.3 is 9.47 Å². The molecule has 4 heteroatoms. The van der Waals surface area contributed by atoms with E-state index in [1.54, 1.807) is 0 Å². The van der Waals surface area contributed by atoms with Gasteiger partial charge >= 0.3 is 0 Å². The molecular weight excluding hydrogens is 290 g/mol. The molecule has 0 bridgehead atoms. The molecule has 0 aliphatic carbocycles. The zero-order valence-corrected chi connectivity index (χ0v) is 14.1. The molecule has 126 valence electrons. The van der Waals surface area contributed by atoms with E-state index in [1.807, 2.05) is 18.2 Å². The maximum Gasteiger partial charge on any atom is 0.231 e. The number of ether oxygens (including phenoxy) is 2. The van der Waals surface area contributed by atoms with Gasteiger partial charge in [0, 0.05) is 5.56 Å². The van der Waals surface area contributed by atoms with E-state index in [9.17, 15) is 4.79 Å². The smallest absolute Gasteiger partial charge is 0.231 e. The Labute approximate surface area is 138 Å². The lowest BCUT2D eigenvalue weighted by Crippen LogP contribution is -2.39. The van der Waals surface area contributed by atoms with Crippen LogP contribution in [0.5, 0.6) is 11.5 Å². The molecule has 0 N–H and O–H groups in total. The molecule has 1 fully saturated rings. The van der Waals surface area contributed by atoms with E-state index in [4.69, 9.17) is 9.47 Å². The van der Waals surface area contributed by atoms with Gasteiger partial charge in [-0.15, -0.1) is 0 Å². The lowest BCUT2D eigenvalue weighted by Gasteiger charge is -2.26. The van der Waals surface area contributed by atoms with Crippen LogP contribution in [-0.2, 0) is 0 Å². The van der Waals surface area contributed by atoms with E-state index in [0.29, 0.717) is 5.75 Å². The number of rotatable bonds is 8. The average Bonchev–Trinajstić information content (AvgIpc) is 3.25. The molecule has 0 unspecified atom stereocenters. The molecule has 2 aliphatic rings. The first-order valence-corrected chi connectivity index (χ1v) is 8.97. The molecule has 0 aromatic heterocycles. The predicted molar refractivity (Wildman–Crippen MR) is 90.2 cm³/mol. The topological polar surface area (TPSA) is 38.8 Å². The van der Waals surface area contributed by atoms with E-state index in [-0.39, 0.29) is 18.6 Å². The van der Waals surface area contributed by atoms with Gasteiger partial charge in [-0.25, -0.2) is 0 Å². The van der Waals surface area contributed by atoms with Crippen molar-refractivity contribution in [2.24, 2.45) is 0 Å². The van der Waals surface area contributed by atoms with Crippen molar-refractivity contribution < 1.29 is 14.3 Å². The fourth-order valence-electron chi connectivity index (χ4n) is 3.54. The van der Waals surface area contributed by atoms with E-state index < -0.39 is 0 Å². The third-order valence-electron chi connectivity index (χ3n) is 4.87. The van der Waals surface area contributed by atoms with Gasteiger partial charge in [-0.3, -0.25) is 9.69 Å². The standard InChI is InChI=1S/C19H27NO3/c1-2-3-4-5-8-16(20-11-6-7-12-20)19(21)15-9-10-17-18(13-15)23-14-22-17/h9-10,13,16H,2-8,11-12,14H2,1H3/t16-/m0/s1. The zero-order valence-electron chi connectivity index (χ0n) is 14.1. The second-order valence-corrected chi connectivity index (χ2v) is 6.54. The normalized spacial score (nSPS) is 18.3. The number of unbranched alkanes of at least 4 members (excludes halogenated alkanes) is 3. The summed E-state index contributed by atoms with van der Waals surface area (Å²) in [5.74, 6) is 1.67. The van der Waals surface area contributed by atoms with Crippen LogP contribution in [0.25, 0.3) is 0 Å². The number of carbonyl (C=O) groups is 1. The maximum absolute atomic E-state index is 13.1. The first kappa shape index (κ1) is 16.3. The van der Waals surface area contributed by atoms with Crippen LogP contribution in [0.2, 0.25) is 0 Å². The van der Waals surface area contributed by atoms with Crippen molar-refractivity contribution in [1.82, 2.24) is 4.90 Å². The van der Waals surface area contributed by atoms with E-state index >= 15 is 0 Å². The summed E-state index contributed by atoms with van der Waals surface area (Å²) < 4.78 is 10.8. The Morgan fingerprint density at radius 3 is 2.70 bits per heavy atom. The maximum atomic E-state index is 13.1. The van der Waals surface area contributed by atoms with Gasteiger partial charge in [0.05, 0.1) is 6.04 Å². The largest absolute Gasteiger partial charge is 0.454 e. The Hall–Kier alpha value is -1.55. The minimum atomic E-state index is 0.0229. The van der Waals surface area contributed by atoms with Gasteiger partial charge in [-0.05, 0) is 50.6 Å². The highest BCUT2D eigenvalue weighted by atomic mass is 16.7. The van der Waals surface area contributed by atoms with Crippen LogP contribution in [0.1, 0.15) is 62.2 Å². The summed E-state index contributed by atoms with van der Waals surface area (Å²) in [5, 5.41) is 0. The van der Waals surface area contributed by atoms with Gasteiger partial charge in [-0.1, -0.05) is 32.6 Å². The van der Waals surface area contributed by atoms with Crippen molar-refractivity contribution in [3.05, 3.63) is 23.8 Å². The predicted octanol–water partition coefficient (Wildman–Crippen LogP) is 4.03. The molecular formula is C19H27NO3. The Bertz CT molecular complexity index is 537. The van der Waals surface area contributed by atoms with Gasteiger partial charge in [-0.2, -0.15) is 0 Å². The van der Waals surface area contributed by atoms with E-state index in [2.05, 4.69) is 11.8 Å². The molecule has 0 radical (unpaired) electrons. The molecule has 1 atom stereocenters. The molecule has 3 rings (SSSR count).